The Labute approximate surface area is 87.1 Å². The van der Waals surface area contributed by atoms with Crippen LogP contribution in [0, 0.1) is 4.91 Å². The molecule has 4 nitrogen and oxygen atoms in total. The summed E-state index contributed by atoms with van der Waals surface area (Å²) in [5.74, 6) is 0. The molecule has 0 saturated heterocycles. The van der Waals surface area contributed by atoms with Crippen molar-refractivity contribution in [3.63, 3.8) is 0 Å². The number of rotatable bonds is 3. The highest BCUT2D eigenvalue weighted by Gasteiger charge is 2.15. The Bertz CT molecular complexity index is 442. The van der Waals surface area contributed by atoms with E-state index >= 15 is 0 Å². The molecule has 0 aliphatic rings. The number of H-pyrrole nitrogens is 1. The van der Waals surface area contributed by atoms with Gasteiger partial charge in [0, 0.05) is 12.1 Å². The average Bonchev–Trinajstić information content (AvgIpc) is 2.31. The number of anilines is 1. The van der Waals surface area contributed by atoms with Gasteiger partial charge in [-0.05, 0) is 12.1 Å². The fraction of sp³-hybridized carbons (Fsp3) is 0. The summed E-state index contributed by atoms with van der Waals surface area (Å²) >= 11 is 0. The van der Waals surface area contributed by atoms with Crippen LogP contribution in [0.2, 0.25) is 0 Å². The van der Waals surface area contributed by atoms with Crippen molar-refractivity contribution in [2.24, 2.45) is 0 Å². The lowest BCUT2D eigenvalue weighted by atomic mass is 10.3. The van der Waals surface area contributed by atoms with Crippen LogP contribution in [0.25, 0.3) is 0 Å². The van der Waals surface area contributed by atoms with E-state index in [0.717, 1.165) is 5.69 Å². The van der Waals surface area contributed by atoms with E-state index in [2.05, 4.69) is 10.4 Å². The van der Waals surface area contributed by atoms with E-state index < -0.39 is 0 Å². The number of aromatic nitrogens is 1. The van der Waals surface area contributed by atoms with Crippen molar-refractivity contribution in [3.05, 3.63) is 59.8 Å². The predicted molar refractivity (Wildman–Crippen MR) is 56.3 cm³/mol. The number of aromatic amines is 1. The molecule has 2 N–H and O–H groups in total. The van der Waals surface area contributed by atoms with Gasteiger partial charge in [-0.3, -0.25) is 0 Å². The molecule has 15 heavy (non-hydrogen) atoms. The van der Waals surface area contributed by atoms with Crippen LogP contribution in [0.1, 0.15) is 0 Å². The summed E-state index contributed by atoms with van der Waals surface area (Å²) in [4.78, 5) is 15.2. The molecule has 2 rings (SSSR count). The normalized spacial score (nSPS) is 9.60. The maximum atomic E-state index is 11.6. The number of para-hydroxylation sites is 1. The standard InChI is InChI=1S/C11H10N3O/c15-14(11-7-4-8-12-9-11)13-10-5-2-1-3-6-10/h1-9H,(H,13,15)/q+1/p+1. The molecule has 0 unspecified atom stereocenters. The van der Waals surface area contributed by atoms with Crippen LogP contribution < -0.4 is 10.4 Å². The van der Waals surface area contributed by atoms with Crippen molar-refractivity contribution < 1.29 is 9.85 Å². The Kier molecular flexibility index (Phi) is 2.69. The molecule has 0 radical (unpaired) electrons. The highest BCUT2D eigenvalue weighted by molar-refractivity contribution is 5.40. The summed E-state index contributed by atoms with van der Waals surface area (Å²) in [5.41, 5.74) is 4.01. The first-order valence-electron chi connectivity index (χ1n) is 4.61. The molecular formula is C11H11N3O+2. The Morgan fingerprint density at radius 2 is 1.87 bits per heavy atom. The second kappa shape index (κ2) is 4.32. The van der Waals surface area contributed by atoms with Gasteiger partial charge in [-0.2, -0.15) is 0 Å². The molecule has 74 valence electrons. The number of nitrogens with one attached hydrogen (secondary N) is 2. The van der Waals surface area contributed by atoms with Gasteiger partial charge in [-0.1, -0.05) is 18.2 Å². The van der Waals surface area contributed by atoms with E-state index in [1.54, 1.807) is 24.5 Å². The molecule has 0 spiro atoms. The minimum atomic E-state index is 0.529. The molecule has 0 aliphatic carbocycles. The van der Waals surface area contributed by atoms with Crippen molar-refractivity contribution in [3.8, 4) is 0 Å². The van der Waals surface area contributed by atoms with Crippen molar-refractivity contribution in [1.82, 2.24) is 0 Å². The van der Waals surface area contributed by atoms with Gasteiger partial charge in [-0.25, -0.2) is 4.98 Å². The lowest BCUT2D eigenvalue weighted by Crippen LogP contribution is -2.12. The monoisotopic (exact) mass is 201 g/mol. The van der Waals surface area contributed by atoms with Crippen LogP contribution in [-0.2, 0) is 0 Å². The van der Waals surface area contributed by atoms with Gasteiger partial charge in [0.2, 0.25) is 6.20 Å². The van der Waals surface area contributed by atoms with Gasteiger partial charge in [0.25, 0.3) is 0 Å². The molecule has 0 atom stereocenters. The third-order valence-electron chi connectivity index (χ3n) is 1.93. The number of hydrogen-bond acceptors (Lipinski definition) is 1. The SMILES string of the molecule is O=[N+](Nc1ccccc1)c1ccc[nH+]c1. The van der Waals surface area contributed by atoms with E-state index in [-0.39, 0.29) is 0 Å². The van der Waals surface area contributed by atoms with Gasteiger partial charge in [0.15, 0.2) is 11.1 Å². The number of benzene rings is 1. The zero-order chi connectivity index (χ0) is 10.5. The van der Waals surface area contributed by atoms with E-state index in [9.17, 15) is 4.91 Å². The van der Waals surface area contributed by atoms with Crippen molar-refractivity contribution in [2.75, 3.05) is 5.43 Å². The van der Waals surface area contributed by atoms with Crippen LogP contribution in [0.3, 0.4) is 0 Å². The van der Waals surface area contributed by atoms with Gasteiger partial charge in [0.1, 0.15) is 5.69 Å². The molecule has 4 heteroatoms. The molecule has 0 aliphatic heterocycles. The Morgan fingerprint density at radius 3 is 2.53 bits per heavy atom. The van der Waals surface area contributed by atoms with Crippen LogP contribution in [0.4, 0.5) is 11.4 Å². The summed E-state index contributed by atoms with van der Waals surface area (Å²) in [5, 5.41) is 0. The minimum absolute atomic E-state index is 0.529. The van der Waals surface area contributed by atoms with Crippen LogP contribution in [0.15, 0.2) is 54.9 Å². The molecular weight excluding hydrogens is 190 g/mol. The first-order valence-corrected chi connectivity index (χ1v) is 4.61. The quantitative estimate of drug-likeness (QED) is 0.609. The topological polar surface area (TPSA) is 46.2 Å². The van der Waals surface area contributed by atoms with Gasteiger partial charge in [0.05, 0.1) is 4.91 Å². The summed E-state index contributed by atoms with van der Waals surface area (Å²) in [7, 11) is 0. The first-order chi connectivity index (χ1) is 7.36. The van der Waals surface area contributed by atoms with Gasteiger partial charge >= 0.3 is 5.69 Å². The summed E-state index contributed by atoms with van der Waals surface area (Å²) in [6.45, 7) is 0. The second-order valence-corrected chi connectivity index (χ2v) is 3.03. The summed E-state index contributed by atoms with van der Waals surface area (Å²) < 4.78 is 0. The minimum Gasteiger partial charge on any atom is -0.212 e. The molecule has 1 aromatic carbocycles. The van der Waals surface area contributed by atoms with E-state index in [4.69, 9.17) is 0 Å². The molecule has 0 amide bonds. The van der Waals surface area contributed by atoms with E-state index in [0.29, 0.717) is 10.6 Å². The molecule has 0 fully saturated rings. The van der Waals surface area contributed by atoms with E-state index in [1.165, 1.54) is 0 Å². The fourth-order valence-electron chi connectivity index (χ4n) is 1.20. The number of nitroso groups, excluding NO2 is 1. The Hall–Kier alpha value is -2.23. The van der Waals surface area contributed by atoms with Crippen molar-refractivity contribution in [1.29, 1.82) is 0 Å². The largest absolute Gasteiger partial charge is 0.355 e. The molecule has 0 saturated carbocycles. The van der Waals surface area contributed by atoms with Crippen LogP contribution >= 0.6 is 0 Å². The van der Waals surface area contributed by atoms with Crippen LogP contribution in [-0.4, -0.2) is 4.87 Å². The summed E-state index contributed by atoms with van der Waals surface area (Å²) in [6.07, 6.45) is 3.38. The van der Waals surface area contributed by atoms with Gasteiger partial charge in [-0.15, -0.1) is 5.43 Å². The zero-order valence-electron chi connectivity index (χ0n) is 8.05. The highest BCUT2D eigenvalue weighted by Crippen LogP contribution is 2.10. The maximum absolute atomic E-state index is 11.6. The van der Waals surface area contributed by atoms with Crippen molar-refractivity contribution >= 4 is 11.4 Å². The molecule has 1 aromatic heterocycles. The number of nitrogens with zero attached hydrogens (tertiary/aromatic N) is 1. The lowest BCUT2D eigenvalue weighted by molar-refractivity contribution is -0.448. The highest BCUT2D eigenvalue weighted by atomic mass is 16.3. The Balaban J connectivity index is 2.12. The second-order valence-electron chi connectivity index (χ2n) is 3.03. The number of pyridine rings is 1. The Morgan fingerprint density at radius 1 is 1.07 bits per heavy atom. The smallest absolute Gasteiger partial charge is 0.212 e. The van der Waals surface area contributed by atoms with Crippen molar-refractivity contribution in [2.45, 2.75) is 0 Å². The van der Waals surface area contributed by atoms with E-state index in [1.807, 2.05) is 30.3 Å². The number of hydrazine groups is 1. The zero-order valence-corrected chi connectivity index (χ0v) is 8.05. The molecule has 1 heterocycles. The molecule has 2 aromatic rings. The lowest BCUT2D eigenvalue weighted by Gasteiger charge is -1.94. The summed E-state index contributed by atoms with van der Waals surface area (Å²) in [6, 6.07) is 12.8. The maximum Gasteiger partial charge on any atom is 0.355 e. The fourth-order valence-corrected chi connectivity index (χ4v) is 1.20. The van der Waals surface area contributed by atoms with Crippen LogP contribution in [0.5, 0.6) is 0 Å². The molecule has 0 bridgehead atoms. The number of hydrogen-bond donors (Lipinski definition) is 1. The first kappa shape index (κ1) is 9.33. The third kappa shape index (κ3) is 2.37. The predicted octanol–water partition coefficient (Wildman–Crippen LogP) is 1.94. The third-order valence-corrected chi connectivity index (χ3v) is 1.93. The average molecular weight is 201 g/mol. The van der Waals surface area contributed by atoms with Gasteiger partial charge < -0.3 is 0 Å².